The first-order chi connectivity index (χ1) is 13.2. The van der Waals surface area contributed by atoms with E-state index >= 15 is 0 Å². The Morgan fingerprint density at radius 2 is 1.00 bits per heavy atom. The van der Waals surface area contributed by atoms with Crippen molar-refractivity contribution in [3.63, 3.8) is 0 Å². The van der Waals surface area contributed by atoms with Crippen LogP contribution in [0.2, 0.25) is 0 Å². The van der Waals surface area contributed by atoms with Crippen molar-refractivity contribution >= 4 is 68.3 Å². The van der Waals surface area contributed by atoms with Gasteiger partial charge in [0.15, 0.2) is 0 Å². The third-order valence-electron chi connectivity index (χ3n) is 3.84. The van der Waals surface area contributed by atoms with Crippen molar-refractivity contribution in [2.24, 2.45) is 0 Å². The van der Waals surface area contributed by atoms with Crippen LogP contribution in [0.1, 0.15) is 25.0 Å². The molecule has 0 aliphatic rings. The number of hydrogen-bond acceptors (Lipinski definition) is 6. The highest BCUT2D eigenvalue weighted by atomic mass is 32.2. The van der Waals surface area contributed by atoms with Crippen molar-refractivity contribution in [2.45, 2.75) is 24.3 Å². The standard InChI is InChI=1S/C20H18O4S4/c1-11(17(21)22)27-19(25)15-7-3-13(4-8-15)14-5-9-16(10-6-14)20(26)28-12(2)18(23)24/h3-12H,1-2H3,(H,21,22)(H,23,24). The summed E-state index contributed by atoms with van der Waals surface area (Å²) in [6, 6.07) is 15.2. The van der Waals surface area contributed by atoms with Crippen LogP contribution >= 0.6 is 48.0 Å². The van der Waals surface area contributed by atoms with E-state index in [0.717, 1.165) is 45.8 Å². The summed E-state index contributed by atoms with van der Waals surface area (Å²) in [4.78, 5) is 21.9. The lowest BCUT2D eigenvalue weighted by molar-refractivity contribution is -0.137. The Balaban J connectivity index is 2.08. The molecule has 0 spiro atoms. The number of aliphatic carboxylic acids is 2. The van der Waals surface area contributed by atoms with Crippen molar-refractivity contribution in [1.29, 1.82) is 0 Å². The normalized spacial score (nSPS) is 12.8. The van der Waals surface area contributed by atoms with E-state index in [1.807, 2.05) is 48.5 Å². The lowest BCUT2D eigenvalue weighted by Gasteiger charge is -2.10. The SMILES string of the molecule is CC(SC(=S)c1ccc(-c2ccc(C(=S)SC(C)C(=O)O)cc2)cc1)C(=O)O. The molecule has 0 aliphatic carbocycles. The average Bonchev–Trinajstić information content (AvgIpc) is 2.67. The molecule has 0 amide bonds. The number of hydrogen-bond donors (Lipinski definition) is 2. The molecule has 146 valence electrons. The van der Waals surface area contributed by atoms with Gasteiger partial charge in [-0.25, -0.2) is 0 Å². The summed E-state index contributed by atoms with van der Waals surface area (Å²) < 4.78 is 1.10. The molecule has 28 heavy (non-hydrogen) atoms. The summed E-state index contributed by atoms with van der Waals surface area (Å²) in [5.74, 6) is -1.78. The highest BCUT2D eigenvalue weighted by Gasteiger charge is 2.16. The van der Waals surface area contributed by atoms with Crippen LogP contribution in [0.3, 0.4) is 0 Å². The monoisotopic (exact) mass is 450 g/mol. The maximum absolute atomic E-state index is 11.0. The third-order valence-corrected chi connectivity index (χ3v) is 6.90. The van der Waals surface area contributed by atoms with Crippen LogP contribution in [-0.2, 0) is 9.59 Å². The molecule has 2 rings (SSSR count). The van der Waals surface area contributed by atoms with E-state index in [4.69, 9.17) is 34.6 Å². The molecule has 0 saturated heterocycles. The summed E-state index contributed by atoms with van der Waals surface area (Å²) in [7, 11) is 0. The topological polar surface area (TPSA) is 74.6 Å². The molecule has 0 aromatic heterocycles. The Labute approximate surface area is 182 Å². The lowest BCUT2D eigenvalue weighted by atomic mass is 10.0. The van der Waals surface area contributed by atoms with Gasteiger partial charge >= 0.3 is 11.9 Å². The van der Waals surface area contributed by atoms with Gasteiger partial charge in [-0.3, -0.25) is 9.59 Å². The summed E-state index contributed by atoms with van der Waals surface area (Å²) in [5, 5.41) is 16.8. The van der Waals surface area contributed by atoms with Crippen LogP contribution in [0.4, 0.5) is 0 Å². The van der Waals surface area contributed by atoms with Gasteiger partial charge in [-0.05, 0) is 36.1 Å². The average molecular weight is 451 g/mol. The molecule has 8 heteroatoms. The second-order valence-electron chi connectivity index (χ2n) is 5.93. The van der Waals surface area contributed by atoms with Gasteiger partial charge < -0.3 is 10.2 Å². The Morgan fingerprint density at radius 1 is 0.714 bits per heavy atom. The zero-order valence-electron chi connectivity index (χ0n) is 15.1. The maximum Gasteiger partial charge on any atom is 0.316 e. The largest absolute Gasteiger partial charge is 0.480 e. The van der Waals surface area contributed by atoms with Gasteiger partial charge in [0.1, 0.15) is 10.5 Å². The number of thioether (sulfide) groups is 2. The molecule has 2 aromatic rings. The zero-order chi connectivity index (χ0) is 20.8. The predicted molar refractivity (Wildman–Crippen MR) is 125 cm³/mol. The second-order valence-corrected chi connectivity index (χ2v) is 9.96. The van der Waals surface area contributed by atoms with E-state index in [0.29, 0.717) is 8.39 Å². The van der Waals surface area contributed by atoms with Crippen LogP contribution in [-0.4, -0.2) is 41.0 Å². The lowest BCUT2D eigenvalue weighted by Crippen LogP contribution is -2.14. The fraction of sp³-hybridized carbons (Fsp3) is 0.200. The minimum Gasteiger partial charge on any atom is -0.480 e. The van der Waals surface area contributed by atoms with Crippen LogP contribution < -0.4 is 0 Å². The molecule has 2 aromatic carbocycles. The van der Waals surface area contributed by atoms with Gasteiger partial charge in [0.2, 0.25) is 0 Å². The number of carboxylic acids is 2. The summed E-state index contributed by atoms with van der Waals surface area (Å²) in [6.07, 6.45) is 0. The quantitative estimate of drug-likeness (QED) is 0.563. The first-order valence-corrected chi connectivity index (χ1v) is 10.8. The van der Waals surface area contributed by atoms with Crippen molar-refractivity contribution in [3.05, 3.63) is 59.7 Å². The van der Waals surface area contributed by atoms with E-state index in [1.54, 1.807) is 13.8 Å². The smallest absolute Gasteiger partial charge is 0.316 e. The van der Waals surface area contributed by atoms with Crippen molar-refractivity contribution < 1.29 is 19.8 Å². The highest BCUT2D eigenvalue weighted by molar-refractivity contribution is 8.24. The number of thiocarbonyl (C=S) groups is 2. The molecule has 2 unspecified atom stereocenters. The van der Waals surface area contributed by atoms with Crippen LogP contribution in [0.15, 0.2) is 48.5 Å². The second kappa shape index (κ2) is 10.2. The molecule has 0 fully saturated rings. The highest BCUT2D eigenvalue weighted by Crippen LogP contribution is 2.26. The minimum atomic E-state index is -0.891. The van der Waals surface area contributed by atoms with Crippen LogP contribution in [0, 0.1) is 0 Å². The first-order valence-electron chi connectivity index (χ1n) is 8.27. The number of rotatable bonds is 7. The van der Waals surface area contributed by atoms with Crippen molar-refractivity contribution in [3.8, 4) is 11.1 Å². The van der Waals surface area contributed by atoms with Crippen LogP contribution in [0.25, 0.3) is 11.1 Å². The van der Waals surface area contributed by atoms with Crippen molar-refractivity contribution in [2.75, 3.05) is 0 Å². The Kier molecular flexibility index (Phi) is 8.18. The molecule has 4 nitrogen and oxygen atoms in total. The van der Waals surface area contributed by atoms with E-state index in [1.165, 1.54) is 0 Å². The third kappa shape index (κ3) is 6.13. The Morgan fingerprint density at radius 3 is 1.25 bits per heavy atom. The summed E-state index contributed by atoms with van der Waals surface area (Å²) in [5.41, 5.74) is 3.61. The van der Waals surface area contributed by atoms with E-state index in [9.17, 15) is 9.59 Å². The summed E-state index contributed by atoms with van der Waals surface area (Å²) >= 11 is 12.9. The van der Waals surface area contributed by atoms with Gasteiger partial charge in [0, 0.05) is 0 Å². The fourth-order valence-corrected chi connectivity index (χ4v) is 4.68. The van der Waals surface area contributed by atoms with Crippen molar-refractivity contribution in [1.82, 2.24) is 0 Å². The van der Waals surface area contributed by atoms with Gasteiger partial charge in [-0.15, -0.1) is 0 Å². The Bertz CT molecular complexity index is 816. The van der Waals surface area contributed by atoms with E-state index in [-0.39, 0.29) is 0 Å². The summed E-state index contributed by atoms with van der Waals surface area (Å²) in [6.45, 7) is 3.21. The maximum atomic E-state index is 11.0. The number of carboxylic acid groups (broad SMARTS) is 2. The first kappa shape index (κ1) is 22.5. The molecule has 0 saturated carbocycles. The van der Waals surface area contributed by atoms with Crippen LogP contribution in [0.5, 0.6) is 0 Å². The van der Waals surface area contributed by atoms with Gasteiger partial charge in [0.25, 0.3) is 0 Å². The molecular formula is C20H18O4S4. The van der Waals surface area contributed by atoms with E-state index < -0.39 is 22.4 Å². The molecule has 2 N–H and O–H groups in total. The molecule has 0 bridgehead atoms. The fourth-order valence-electron chi connectivity index (χ4n) is 2.16. The minimum absolute atomic E-state index is 0.548. The zero-order valence-corrected chi connectivity index (χ0v) is 18.4. The van der Waals surface area contributed by atoms with E-state index in [2.05, 4.69) is 0 Å². The number of carbonyl (C=O) groups is 2. The molecule has 0 aliphatic heterocycles. The van der Waals surface area contributed by atoms with Gasteiger partial charge in [-0.2, -0.15) is 0 Å². The molecule has 0 heterocycles. The van der Waals surface area contributed by atoms with Gasteiger partial charge in [-0.1, -0.05) is 96.5 Å². The number of benzene rings is 2. The molecule has 2 atom stereocenters. The molecule has 0 radical (unpaired) electrons. The van der Waals surface area contributed by atoms with Gasteiger partial charge in [0.05, 0.1) is 8.39 Å². The molecular weight excluding hydrogens is 432 g/mol. The predicted octanol–water partition coefficient (Wildman–Crippen LogP) is 5.12. The Hall–Kier alpha value is -1.74.